The highest BCUT2D eigenvalue weighted by Crippen LogP contribution is 2.23. The molecule has 0 saturated heterocycles. The van der Waals surface area contributed by atoms with E-state index >= 15 is 0 Å². The number of nitrogens with one attached hydrogen (secondary N) is 2. The lowest BCUT2D eigenvalue weighted by atomic mass is 10.2. The highest BCUT2D eigenvalue weighted by molar-refractivity contribution is 7.94. The van der Waals surface area contributed by atoms with Gasteiger partial charge in [0.25, 0.3) is 0 Å². The lowest BCUT2D eigenvalue weighted by molar-refractivity contribution is -0.106. The van der Waals surface area contributed by atoms with Crippen molar-refractivity contribution in [3.8, 4) is 0 Å². The highest BCUT2D eigenvalue weighted by Gasteiger charge is 2.22. The average Bonchev–Trinajstić information content (AvgIpc) is 2.94. The Hall–Kier alpha value is -2.87. The van der Waals surface area contributed by atoms with Crippen molar-refractivity contribution in [3.05, 3.63) is 60.5 Å². The summed E-state index contributed by atoms with van der Waals surface area (Å²) in [4.78, 5) is 14.2. The van der Waals surface area contributed by atoms with Gasteiger partial charge in [-0.15, -0.1) is 0 Å². The number of carbonyl (C=O) groups is 1. The van der Waals surface area contributed by atoms with Crippen LogP contribution in [0.2, 0.25) is 0 Å². The van der Waals surface area contributed by atoms with E-state index in [9.17, 15) is 17.6 Å². The van der Waals surface area contributed by atoms with Crippen molar-refractivity contribution in [2.75, 3.05) is 9.03 Å². The van der Waals surface area contributed by atoms with Gasteiger partial charge in [0.2, 0.25) is 6.41 Å². The first-order valence-electron chi connectivity index (χ1n) is 6.60. The Morgan fingerprint density at radius 2 is 1.96 bits per heavy atom. The molecule has 2 aromatic carbocycles. The molecule has 0 aliphatic carbocycles. The second kappa shape index (κ2) is 5.73. The normalized spacial score (nSPS) is 11.3. The maximum atomic E-state index is 13.2. The van der Waals surface area contributed by atoms with Gasteiger partial charge in [-0.3, -0.25) is 9.52 Å². The number of amides is 1. The quantitative estimate of drug-likeness (QED) is 0.704. The number of H-pyrrole nitrogens is 1. The summed E-state index contributed by atoms with van der Waals surface area (Å²) in [7, 11) is -4.21. The minimum absolute atomic E-state index is 0.0257. The van der Waals surface area contributed by atoms with E-state index in [1.807, 2.05) is 6.07 Å². The Bertz CT molecular complexity index is 969. The molecule has 0 fully saturated rings. The van der Waals surface area contributed by atoms with Crippen molar-refractivity contribution in [1.29, 1.82) is 0 Å². The molecular formula is C15H12FN3O3S. The van der Waals surface area contributed by atoms with Crippen molar-refractivity contribution in [2.45, 2.75) is 0 Å². The summed E-state index contributed by atoms with van der Waals surface area (Å²) in [6, 6.07) is 11.5. The van der Waals surface area contributed by atoms with Gasteiger partial charge in [-0.05, 0) is 41.8 Å². The summed E-state index contributed by atoms with van der Waals surface area (Å²) in [5, 5.41) is 0.884. The van der Waals surface area contributed by atoms with Gasteiger partial charge in [-0.1, -0.05) is 12.1 Å². The molecule has 0 atom stereocenters. The lowest BCUT2D eigenvalue weighted by Gasteiger charge is -2.18. The number of halogens is 1. The summed E-state index contributed by atoms with van der Waals surface area (Å²) in [5.41, 5.74) is 0.881. The van der Waals surface area contributed by atoms with Crippen LogP contribution in [0.25, 0.3) is 10.9 Å². The number of fused-ring (bicyclic) bond motifs is 1. The van der Waals surface area contributed by atoms with E-state index in [4.69, 9.17) is 0 Å². The van der Waals surface area contributed by atoms with E-state index in [2.05, 4.69) is 9.71 Å². The molecule has 1 amide bonds. The fraction of sp³-hybridized carbons (Fsp3) is 0. The van der Waals surface area contributed by atoms with Crippen LogP contribution in [0.15, 0.2) is 54.7 Å². The molecule has 3 aromatic rings. The van der Waals surface area contributed by atoms with E-state index in [-0.39, 0.29) is 17.8 Å². The van der Waals surface area contributed by atoms with Crippen LogP contribution in [0.1, 0.15) is 0 Å². The van der Waals surface area contributed by atoms with Gasteiger partial charge < -0.3 is 4.98 Å². The van der Waals surface area contributed by atoms with E-state index in [1.54, 1.807) is 12.3 Å². The van der Waals surface area contributed by atoms with Gasteiger partial charge in [0.05, 0.1) is 11.4 Å². The maximum Gasteiger partial charge on any atom is 0.330 e. The summed E-state index contributed by atoms with van der Waals surface area (Å²) < 4.78 is 40.6. The zero-order valence-electron chi connectivity index (χ0n) is 11.7. The molecule has 0 radical (unpaired) electrons. The number of hydrogen-bond acceptors (Lipinski definition) is 3. The lowest BCUT2D eigenvalue weighted by Crippen LogP contribution is -2.34. The van der Waals surface area contributed by atoms with Crippen LogP contribution >= 0.6 is 0 Å². The number of benzene rings is 2. The topological polar surface area (TPSA) is 82.3 Å². The molecule has 23 heavy (non-hydrogen) atoms. The molecule has 0 saturated carbocycles. The van der Waals surface area contributed by atoms with Crippen molar-refractivity contribution in [3.63, 3.8) is 0 Å². The first kappa shape index (κ1) is 15.0. The Morgan fingerprint density at radius 1 is 1.13 bits per heavy atom. The van der Waals surface area contributed by atoms with E-state index in [0.717, 1.165) is 11.5 Å². The van der Waals surface area contributed by atoms with Crippen LogP contribution in [-0.4, -0.2) is 19.8 Å². The Morgan fingerprint density at radius 3 is 2.70 bits per heavy atom. The van der Waals surface area contributed by atoms with Crippen molar-refractivity contribution in [2.24, 2.45) is 0 Å². The molecule has 0 aliphatic rings. The number of carbonyl (C=O) groups excluding carboxylic acids is 1. The third-order valence-corrected chi connectivity index (χ3v) is 4.53. The molecule has 1 heterocycles. The Kier molecular flexibility index (Phi) is 3.75. The van der Waals surface area contributed by atoms with Gasteiger partial charge in [0.1, 0.15) is 5.82 Å². The fourth-order valence-corrected chi connectivity index (χ4v) is 3.21. The predicted molar refractivity (Wildman–Crippen MR) is 85.8 cm³/mol. The average molecular weight is 333 g/mol. The predicted octanol–water partition coefficient (Wildman–Crippen LogP) is 2.63. The van der Waals surface area contributed by atoms with Crippen molar-refractivity contribution in [1.82, 2.24) is 4.98 Å². The highest BCUT2D eigenvalue weighted by atomic mass is 32.2. The molecule has 0 aliphatic heterocycles. The van der Waals surface area contributed by atoms with E-state index < -0.39 is 16.0 Å². The molecule has 3 rings (SSSR count). The van der Waals surface area contributed by atoms with E-state index in [1.165, 1.54) is 30.3 Å². The van der Waals surface area contributed by atoms with Crippen LogP contribution in [0.4, 0.5) is 15.8 Å². The number of rotatable bonds is 5. The summed E-state index contributed by atoms with van der Waals surface area (Å²) in [6.07, 6.45) is 1.89. The van der Waals surface area contributed by atoms with Gasteiger partial charge in [0, 0.05) is 11.7 Å². The minimum Gasteiger partial charge on any atom is -0.361 e. The Labute approximate surface area is 131 Å². The van der Waals surface area contributed by atoms with Crippen LogP contribution in [0, 0.1) is 5.82 Å². The van der Waals surface area contributed by atoms with Crippen LogP contribution in [0.3, 0.4) is 0 Å². The maximum absolute atomic E-state index is 13.2. The Balaban J connectivity index is 1.96. The molecule has 8 heteroatoms. The third-order valence-electron chi connectivity index (χ3n) is 3.22. The molecule has 6 nitrogen and oxygen atoms in total. The van der Waals surface area contributed by atoms with Gasteiger partial charge in [0.15, 0.2) is 0 Å². The van der Waals surface area contributed by atoms with Crippen LogP contribution < -0.4 is 9.03 Å². The van der Waals surface area contributed by atoms with Crippen molar-refractivity contribution >= 4 is 38.9 Å². The number of nitrogens with zero attached hydrogens (tertiary/aromatic N) is 1. The number of aromatic amines is 1. The van der Waals surface area contributed by atoms with Gasteiger partial charge >= 0.3 is 10.2 Å². The summed E-state index contributed by atoms with van der Waals surface area (Å²) in [6.45, 7) is 0. The minimum atomic E-state index is -4.21. The van der Waals surface area contributed by atoms with Gasteiger partial charge in [-0.25, -0.2) is 4.39 Å². The number of aromatic nitrogens is 1. The smallest absolute Gasteiger partial charge is 0.330 e. The molecule has 0 bridgehead atoms. The second-order valence-corrected chi connectivity index (χ2v) is 6.32. The largest absolute Gasteiger partial charge is 0.361 e. The monoisotopic (exact) mass is 333 g/mol. The molecule has 0 unspecified atom stereocenters. The van der Waals surface area contributed by atoms with Crippen LogP contribution in [-0.2, 0) is 15.0 Å². The van der Waals surface area contributed by atoms with E-state index in [0.29, 0.717) is 9.82 Å². The SMILES string of the molecule is O=CN(c1ccc2cc[nH]c2c1)S(=O)(=O)Nc1cccc(F)c1. The summed E-state index contributed by atoms with van der Waals surface area (Å²) >= 11 is 0. The second-order valence-electron chi connectivity index (χ2n) is 4.77. The first-order chi connectivity index (χ1) is 11.0. The fourth-order valence-electron chi connectivity index (χ4n) is 2.18. The number of anilines is 2. The third kappa shape index (κ3) is 3.02. The molecule has 118 valence electrons. The molecule has 0 spiro atoms. The molecular weight excluding hydrogens is 321 g/mol. The first-order valence-corrected chi connectivity index (χ1v) is 8.04. The standard InChI is InChI=1S/C15H12FN3O3S/c16-12-2-1-3-13(8-12)18-23(21,22)19(10-20)14-5-4-11-6-7-17-15(11)9-14/h1-10,17-18H. The van der Waals surface area contributed by atoms with Gasteiger partial charge in [-0.2, -0.15) is 12.7 Å². The van der Waals surface area contributed by atoms with Crippen LogP contribution in [0.5, 0.6) is 0 Å². The number of hydrogen-bond donors (Lipinski definition) is 2. The zero-order valence-corrected chi connectivity index (χ0v) is 12.5. The molecule has 1 aromatic heterocycles. The molecule has 2 N–H and O–H groups in total. The summed E-state index contributed by atoms with van der Waals surface area (Å²) in [5.74, 6) is -0.587. The van der Waals surface area contributed by atoms with Crippen molar-refractivity contribution < 1.29 is 17.6 Å². The zero-order chi connectivity index (χ0) is 16.4.